The fourth-order valence-electron chi connectivity index (χ4n) is 3.74. The van der Waals surface area contributed by atoms with Crippen molar-refractivity contribution in [1.82, 2.24) is 10.2 Å². The number of fused-ring (bicyclic) bond motifs is 1. The molecule has 1 saturated carbocycles. The fraction of sp³-hybridized carbons (Fsp3) is 0.333. The van der Waals surface area contributed by atoms with Gasteiger partial charge in [-0.25, -0.2) is 0 Å². The SMILES string of the molecule is COc1ccc(-c2ccc3c(NC(=O)CC4CCCC4)n[nH]c3c2)cc1. The van der Waals surface area contributed by atoms with Crippen LogP contribution < -0.4 is 10.1 Å². The van der Waals surface area contributed by atoms with Gasteiger partial charge in [0.15, 0.2) is 5.82 Å². The average Bonchev–Trinajstić information content (AvgIpc) is 3.31. The average molecular weight is 349 g/mol. The van der Waals surface area contributed by atoms with Gasteiger partial charge in [0.25, 0.3) is 0 Å². The van der Waals surface area contributed by atoms with Gasteiger partial charge in [0.1, 0.15) is 5.75 Å². The van der Waals surface area contributed by atoms with Crippen LogP contribution in [0.5, 0.6) is 5.75 Å². The molecule has 0 aliphatic heterocycles. The summed E-state index contributed by atoms with van der Waals surface area (Å²) >= 11 is 0. The highest BCUT2D eigenvalue weighted by atomic mass is 16.5. The first-order chi connectivity index (χ1) is 12.7. The van der Waals surface area contributed by atoms with Gasteiger partial charge in [0, 0.05) is 11.8 Å². The van der Waals surface area contributed by atoms with Gasteiger partial charge in [-0.1, -0.05) is 31.0 Å². The molecule has 1 aliphatic carbocycles. The van der Waals surface area contributed by atoms with Gasteiger partial charge in [0.2, 0.25) is 5.91 Å². The molecule has 2 aromatic carbocycles. The third-order valence-electron chi connectivity index (χ3n) is 5.19. The second-order valence-corrected chi connectivity index (χ2v) is 6.96. The summed E-state index contributed by atoms with van der Waals surface area (Å²) in [5, 5.41) is 11.2. The quantitative estimate of drug-likeness (QED) is 0.698. The van der Waals surface area contributed by atoms with Gasteiger partial charge in [-0.15, -0.1) is 0 Å². The molecule has 0 saturated heterocycles. The molecule has 2 N–H and O–H groups in total. The molecule has 1 amide bonds. The van der Waals surface area contributed by atoms with Crippen LogP contribution in [0.2, 0.25) is 0 Å². The summed E-state index contributed by atoms with van der Waals surface area (Å²) in [6.45, 7) is 0. The molecule has 0 spiro atoms. The van der Waals surface area contributed by atoms with Gasteiger partial charge >= 0.3 is 0 Å². The van der Waals surface area contributed by atoms with Crippen molar-refractivity contribution in [2.45, 2.75) is 32.1 Å². The third kappa shape index (κ3) is 3.43. The number of carbonyl (C=O) groups is 1. The van der Waals surface area contributed by atoms with Crippen molar-refractivity contribution in [3.63, 3.8) is 0 Å². The van der Waals surface area contributed by atoms with E-state index >= 15 is 0 Å². The summed E-state index contributed by atoms with van der Waals surface area (Å²) in [6, 6.07) is 14.1. The molecular weight excluding hydrogens is 326 g/mol. The molecule has 1 heterocycles. The molecule has 1 fully saturated rings. The Bertz CT molecular complexity index is 909. The monoisotopic (exact) mass is 349 g/mol. The van der Waals surface area contributed by atoms with E-state index in [1.165, 1.54) is 25.7 Å². The van der Waals surface area contributed by atoms with Crippen LogP contribution in [0.1, 0.15) is 32.1 Å². The van der Waals surface area contributed by atoms with Crippen LogP contribution in [0.15, 0.2) is 42.5 Å². The van der Waals surface area contributed by atoms with Crippen molar-refractivity contribution in [2.75, 3.05) is 12.4 Å². The molecular formula is C21H23N3O2. The first kappa shape index (κ1) is 16.6. The maximum Gasteiger partial charge on any atom is 0.225 e. The van der Waals surface area contributed by atoms with Crippen molar-refractivity contribution in [3.8, 4) is 16.9 Å². The Morgan fingerprint density at radius 3 is 2.62 bits per heavy atom. The minimum atomic E-state index is 0.0598. The molecule has 5 nitrogen and oxygen atoms in total. The van der Waals surface area contributed by atoms with Crippen molar-refractivity contribution in [1.29, 1.82) is 0 Å². The number of nitrogens with zero attached hydrogens (tertiary/aromatic N) is 1. The number of H-pyrrole nitrogens is 1. The minimum absolute atomic E-state index is 0.0598. The van der Waals surface area contributed by atoms with Crippen molar-refractivity contribution in [3.05, 3.63) is 42.5 Å². The van der Waals surface area contributed by atoms with Crippen LogP contribution in [0.4, 0.5) is 5.82 Å². The predicted octanol–water partition coefficient (Wildman–Crippen LogP) is 4.76. The van der Waals surface area contributed by atoms with Crippen molar-refractivity contribution < 1.29 is 9.53 Å². The van der Waals surface area contributed by atoms with Crippen LogP contribution in [0.3, 0.4) is 0 Å². The molecule has 5 heteroatoms. The van der Waals surface area contributed by atoms with Gasteiger partial charge in [-0.05, 0) is 54.2 Å². The Kier molecular flexibility index (Phi) is 4.61. The van der Waals surface area contributed by atoms with E-state index in [1.54, 1.807) is 7.11 Å². The molecule has 0 radical (unpaired) electrons. The number of benzene rings is 2. The fourth-order valence-corrected chi connectivity index (χ4v) is 3.74. The first-order valence-corrected chi connectivity index (χ1v) is 9.15. The zero-order chi connectivity index (χ0) is 17.9. The van der Waals surface area contributed by atoms with Gasteiger partial charge in [0.05, 0.1) is 12.6 Å². The predicted molar refractivity (Wildman–Crippen MR) is 103 cm³/mol. The number of hydrogen-bond acceptors (Lipinski definition) is 3. The van der Waals surface area contributed by atoms with E-state index in [1.807, 2.05) is 36.4 Å². The number of aromatic amines is 1. The summed E-state index contributed by atoms with van der Waals surface area (Å²) in [4.78, 5) is 12.3. The zero-order valence-corrected chi connectivity index (χ0v) is 14.9. The largest absolute Gasteiger partial charge is 0.497 e. The van der Waals surface area contributed by atoms with Crippen molar-refractivity contribution in [2.24, 2.45) is 5.92 Å². The standard InChI is InChI=1S/C21H23N3O2/c1-26-17-9-6-15(7-10-17)16-8-11-18-19(13-16)23-24-21(18)22-20(25)12-14-4-2-3-5-14/h6-11,13-14H,2-5,12H2,1H3,(H2,22,23,24,25). The maximum absolute atomic E-state index is 12.3. The lowest BCUT2D eigenvalue weighted by atomic mass is 10.0. The molecule has 0 bridgehead atoms. The van der Waals surface area contributed by atoms with Crippen LogP contribution in [0, 0.1) is 5.92 Å². The van der Waals surface area contributed by atoms with E-state index in [0.717, 1.165) is 27.8 Å². The second-order valence-electron chi connectivity index (χ2n) is 6.96. The lowest BCUT2D eigenvalue weighted by Crippen LogP contribution is -2.15. The number of anilines is 1. The number of nitrogens with one attached hydrogen (secondary N) is 2. The molecule has 1 aliphatic rings. The van der Waals surface area contributed by atoms with Crippen molar-refractivity contribution >= 4 is 22.6 Å². The Balaban J connectivity index is 1.52. The number of methoxy groups -OCH3 is 1. The zero-order valence-electron chi connectivity index (χ0n) is 14.9. The number of rotatable bonds is 5. The van der Waals surface area contributed by atoms with Crippen LogP contribution in [-0.2, 0) is 4.79 Å². The van der Waals surface area contributed by atoms with E-state index in [9.17, 15) is 4.79 Å². The van der Waals surface area contributed by atoms with E-state index in [0.29, 0.717) is 18.2 Å². The van der Waals surface area contributed by atoms with Gasteiger partial charge < -0.3 is 10.1 Å². The Morgan fingerprint density at radius 1 is 1.15 bits per heavy atom. The van der Waals surface area contributed by atoms with E-state index in [2.05, 4.69) is 21.6 Å². The molecule has 4 rings (SSSR count). The lowest BCUT2D eigenvalue weighted by Gasteiger charge is -2.08. The highest BCUT2D eigenvalue weighted by Gasteiger charge is 2.19. The van der Waals surface area contributed by atoms with Gasteiger partial charge in [-0.2, -0.15) is 5.10 Å². The van der Waals surface area contributed by atoms with E-state index in [-0.39, 0.29) is 5.91 Å². The molecule has 0 atom stereocenters. The van der Waals surface area contributed by atoms with Gasteiger partial charge in [-0.3, -0.25) is 9.89 Å². The number of carbonyl (C=O) groups excluding carboxylic acids is 1. The van der Waals surface area contributed by atoms with E-state index < -0.39 is 0 Å². The molecule has 134 valence electrons. The summed E-state index contributed by atoms with van der Waals surface area (Å²) in [5.74, 6) is 2.04. The third-order valence-corrected chi connectivity index (χ3v) is 5.19. The summed E-state index contributed by atoms with van der Waals surface area (Å²) in [6.07, 6.45) is 5.42. The number of hydrogen-bond donors (Lipinski definition) is 2. The van der Waals surface area contributed by atoms with Crippen LogP contribution in [0.25, 0.3) is 22.0 Å². The van der Waals surface area contributed by atoms with Crippen LogP contribution in [-0.4, -0.2) is 23.2 Å². The summed E-state index contributed by atoms with van der Waals surface area (Å²) in [5.41, 5.74) is 3.11. The highest BCUT2D eigenvalue weighted by Crippen LogP contribution is 2.30. The smallest absolute Gasteiger partial charge is 0.225 e. The molecule has 0 unspecified atom stereocenters. The topological polar surface area (TPSA) is 67.0 Å². The summed E-state index contributed by atoms with van der Waals surface area (Å²) in [7, 11) is 1.66. The first-order valence-electron chi connectivity index (χ1n) is 9.15. The number of amides is 1. The lowest BCUT2D eigenvalue weighted by molar-refractivity contribution is -0.117. The second kappa shape index (κ2) is 7.20. The molecule has 3 aromatic rings. The summed E-state index contributed by atoms with van der Waals surface area (Å²) < 4.78 is 5.21. The number of aromatic nitrogens is 2. The Morgan fingerprint density at radius 2 is 1.88 bits per heavy atom. The highest BCUT2D eigenvalue weighted by molar-refractivity contribution is 6.00. The normalized spacial score (nSPS) is 14.7. The minimum Gasteiger partial charge on any atom is -0.497 e. The Hall–Kier alpha value is -2.82. The maximum atomic E-state index is 12.3. The Labute approximate surface area is 152 Å². The molecule has 26 heavy (non-hydrogen) atoms. The van der Waals surface area contributed by atoms with E-state index in [4.69, 9.17) is 4.74 Å². The molecule has 1 aromatic heterocycles. The number of ether oxygens (including phenoxy) is 1. The van der Waals surface area contributed by atoms with Crippen LogP contribution >= 0.6 is 0 Å².